The molecule has 5 nitrogen and oxygen atoms in total. The number of phenolic OH excluding ortho intramolecular Hbond substituents is 1. The van der Waals surface area contributed by atoms with Crippen molar-refractivity contribution in [2.45, 2.75) is 0 Å². The fraction of sp³-hybridized carbons (Fsp3) is 0. The molecule has 134 valence electrons. The van der Waals surface area contributed by atoms with Gasteiger partial charge in [0.2, 0.25) is 0 Å². The summed E-state index contributed by atoms with van der Waals surface area (Å²) in [6.45, 7) is 0. The molecule has 8 heteroatoms. The minimum Gasteiger partial charge on any atom is -0.505 e. The van der Waals surface area contributed by atoms with E-state index in [0.717, 1.165) is 29.1 Å². The number of pyridine rings is 1. The molecule has 0 atom stereocenters. The van der Waals surface area contributed by atoms with Crippen molar-refractivity contribution in [2.24, 2.45) is 0 Å². The zero-order chi connectivity index (χ0) is 19.1. The Kier molecular flexibility index (Phi) is 3.88. The highest BCUT2D eigenvalue weighted by Gasteiger charge is 2.13. The summed E-state index contributed by atoms with van der Waals surface area (Å²) in [6, 6.07) is 9.58. The van der Waals surface area contributed by atoms with E-state index in [1.165, 1.54) is 18.2 Å². The molecule has 2 aromatic heterocycles. The van der Waals surface area contributed by atoms with Crippen molar-refractivity contribution >= 4 is 11.0 Å². The number of benzene rings is 2. The second kappa shape index (κ2) is 6.24. The lowest BCUT2D eigenvalue weighted by molar-refractivity contribution is 0.432. The number of hydrogen-bond donors (Lipinski definition) is 1. The molecule has 0 unspecified atom stereocenters. The predicted molar refractivity (Wildman–Crippen MR) is 92.1 cm³/mol. The Bertz CT molecular complexity index is 1250. The summed E-state index contributed by atoms with van der Waals surface area (Å²) >= 11 is 0. The van der Waals surface area contributed by atoms with Gasteiger partial charge in [0.05, 0.1) is 16.9 Å². The zero-order valence-electron chi connectivity index (χ0n) is 13.5. The maximum absolute atomic E-state index is 14.0. The van der Waals surface area contributed by atoms with E-state index >= 15 is 0 Å². The highest BCUT2D eigenvalue weighted by Crippen LogP contribution is 2.24. The van der Waals surface area contributed by atoms with E-state index in [2.05, 4.69) is 9.97 Å². The molecule has 0 aliphatic rings. The van der Waals surface area contributed by atoms with Crippen LogP contribution >= 0.6 is 0 Å². The summed E-state index contributed by atoms with van der Waals surface area (Å²) < 4.78 is 41.7. The van der Waals surface area contributed by atoms with Gasteiger partial charge in [0, 0.05) is 11.6 Å². The van der Waals surface area contributed by atoms with Gasteiger partial charge in [-0.3, -0.25) is 9.36 Å². The van der Waals surface area contributed by atoms with Crippen LogP contribution in [0.15, 0.2) is 59.7 Å². The topological polar surface area (TPSA) is 68.0 Å². The molecule has 2 aromatic carbocycles. The third-order valence-corrected chi connectivity index (χ3v) is 4.02. The maximum Gasteiger partial charge on any atom is 0.284 e. The van der Waals surface area contributed by atoms with E-state index in [9.17, 15) is 23.1 Å². The highest BCUT2D eigenvalue weighted by atomic mass is 19.1. The highest BCUT2D eigenvalue weighted by molar-refractivity contribution is 5.77. The first-order valence-corrected chi connectivity index (χ1v) is 7.77. The monoisotopic (exact) mass is 369 g/mol. The summed E-state index contributed by atoms with van der Waals surface area (Å²) in [4.78, 5) is 21.0. The Morgan fingerprint density at radius 1 is 0.926 bits per heavy atom. The molecule has 0 aliphatic carbocycles. The molecule has 4 rings (SSSR count). The average molecular weight is 369 g/mol. The van der Waals surface area contributed by atoms with Crippen LogP contribution in [0, 0.1) is 17.5 Å². The molecule has 4 aromatic rings. The van der Waals surface area contributed by atoms with E-state index in [4.69, 9.17) is 0 Å². The van der Waals surface area contributed by atoms with Crippen molar-refractivity contribution in [3.8, 4) is 22.7 Å². The largest absolute Gasteiger partial charge is 0.505 e. The van der Waals surface area contributed by atoms with Gasteiger partial charge in [0.15, 0.2) is 17.1 Å². The van der Waals surface area contributed by atoms with Crippen LogP contribution < -0.4 is 5.56 Å². The second-order valence-electron chi connectivity index (χ2n) is 5.75. The number of halogens is 3. The normalized spacial score (nSPS) is 11.1. The number of aromatic hydroxyl groups is 1. The van der Waals surface area contributed by atoms with Crippen molar-refractivity contribution < 1.29 is 18.3 Å². The molecule has 0 amide bonds. The Balaban J connectivity index is 1.91. The van der Waals surface area contributed by atoms with Gasteiger partial charge in [-0.05, 0) is 42.5 Å². The van der Waals surface area contributed by atoms with Crippen LogP contribution in [0.3, 0.4) is 0 Å². The smallest absolute Gasteiger partial charge is 0.284 e. The third kappa shape index (κ3) is 2.91. The fourth-order valence-corrected chi connectivity index (χ4v) is 2.68. The van der Waals surface area contributed by atoms with Crippen molar-refractivity contribution in [1.82, 2.24) is 14.5 Å². The van der Waals surface area contributed by atoms with Gasteiger partial charge in [-0.15, -0.1) is 0 Å². The Labute approximate surface area is 150 Å². The molecule has 0 fully saturated rings. The lowest BCUT2D eigenvalue weighted by Gasteiger charge is -2.08. The van der Waals surface area contributed by atoms with E-state index in [0.29, 0.717) is 11.6 Å². The molecular weight excluding hydrogens is 359 g/mol. The van der Waals surface area contributed by atoms with Crippen molar-refractivity contribution in [2.75, 3.05) is 0 Å². The number of nitrogens with zero attached hydrogens (tertiary/aromatic N) is 3. The number of phenols is 1. The molecule has 0 bridgehead atoms. The maximum atomic E-state index is 14.0. The van der Waals surface area contributed by atoms with E-state index in [1.807, 2.05) is 0 Å². The molecule has 0 aliphatic heterocycles. The molecule has 1 N–H and O–H groups in total. The van der Waals surface area contributed by atoms with Crippen molar-refractivity contribution in [3.63, 3.8) is 0 Å². The number of hydrogen-bond acceptors (Lipinski definition) is 4. The van der Waals surface area contributed by atoms with Gasteiger partial charge in [-0.2, -0.15) is 0 Å². The van der Waals surface area contributed by atoms with E-state index in [1.54, 1.807) is 6.07 Å². The van der Waals surface area contributed by atoms with Crippen LogP contribution in [0.2, 0.25) is 0 Å². The first-order valence-electron chi connectivity index (χ1n) is 7.77. The summed E-state index contributed by atoms with van der Waals surface area (Å²) in [5.74, 6) is -3.02. The molecule has 27 heavy (non-hydrogen) atoms. The van der Waals surface area contributed by atoms with Crippen molar-refractivity contribution in [1.29, 1.82) is 0 Å². The van der Waals surface area contributed by atoms with Crippen LogP contribution in [-0.4, -0.2) is 19.6 Å². The number of fused-ring (bicyclic) bond motifs is 1. The minimum atomic E-state index is -0.921. The summed E-state index contributed by atoms with van der Waals surface area (Å²) in [5.41, 5.74) is -0.00754. The van der Waals surface area contributed by atoms with E-state index in [-0.39, 0.29) is 22.4 Å². The first kappa shape index (κ1) is 16.8. The van der Waals surface area contributed by atoms with Gasteiger partial charge < -0.3 is 5.11 Å². The lowest BCUT2D eigenvalue weighted by Crippen LogP contribution is -2.21. The van der Waals surface area contributed by atoms with Crippen LogP contribution in [0.1, 0.15) is 0 Å². The van der Waals surface area contributed by atoms with Crippen LogP contribution in [0.4, 0.5) is 13.2 Å². The SMILES string of the molecule is O=c1c2nc(-c3ccc(O)c(F)c3)ccc2ncn1-c1ccc(F)cc1F. The van der Waals surface area contributed by atoms with E-state index < -0.39 is 28.8 Å². The summed E-state index contributed by atoms with van der Waals surface area (Å²) in [7, 11) is 0. The molecule has 2 heterocycles. The Hall–Kier alpha value is -3.68. The Morgan fingerprint density at radius 2 is 1.74 bits per heavy atom. The van der Waals surface area contributed by atoms with Crippen LogP contribution in [0.25, 0.3) is 28.0 Å². The molecule has 0 radical (unpaired) electrons. The molecule has 0 spiro atoms. The standard InChI is InChI=1S/C19H10F3N3O2/c20-11-2-5-16(12(21)8-11)25-9-23-15-4-3-14(24-18(15)19(25)27)10-1-6-17(26)13(22)7-10/h1-9,26H. The average Bonchev–Trinajstić information content (AvgIpc) is 2.65. The molecule has 0 saturated carbocycles. The second-order valence-corrected chi connectivity index (χ2v) is 5.75. The third-order valence-electron chi connectivity index (χ3n) is 4.02. The van der Waals surface area contributed by atoms with Crippen molar-refractivity contribution in [3.05, 3.63) is 82.7 Å². The predicted octanol–water partition coefficient (Wildman–Crippen LogP) is 3.57. The Morgan fingerprint density at radius 3 is 2.48 bits per heavy atom. The molecule has 0 saturated heterocycles. The zero-order valence-corrected chi connectivity index (χ0v) is 13.5. The lowest BCUT2D eigenvalue weighted by atomic mass is 10.1. The number of aromatic nitrogens is 3. The minimum absolute atomic E-state index is 0.0628. The van der Waals surface area contributed by atoms with Gasteiger partial charge in [0.1, 0.15) is 18.0 Å². The van der Waals surface area contributed by atoms with Crippen LogP contribution in [0.5, 0.6) is 5.75 Å². The summed E-state index contributed by atoms with van der Waals surface area (Å²) in [6.07, 6.45) is 1.13. The number of rotatable bonds is 2. The first-order chi connectivity index (χ1) is 12.9. The summed E-state index contributed by atoms with van der Waals surface area (Å²) in [5, 5.41) is 9.29. The fourth-order valence-electron chi connectivity index (χ4n) is 2.68. The van der Waals surface area contributed by atoms with Gasteiger partial charge >= 0.3 is 0 Å². The quantitative estimate of drug-likeness (QED) is 0.587. The van der Waals surface area contributed by atoms with Gasteiger partial charge in [0.25, 0.3) is 5.56 Å². The van der Waals surface area contributed by atoms with Crippen LogP contribution in [-0.2, 0) is 0 Å². The molecular formula is C19H10F3N3O2. The van der Waals surface area contributed by atoms with Gasteiger partial charge in [-0.25, -0.2) is 23.1 Å². The van der Waals surface area contributed by atoms with Gasteiger partial charge in [-0.1, -0.05) is 0 Å².